The quantitative estimate of drug-likeness (QED) is 0.0229. The fourth-order valence-corrected chi connectivity index (χ4v) is 17.1. The molecular weight excluding hydrogens is 1690 g/mol. The van der Waals surface area contributed by atoms with E-state index in [0.717, 1.165) is 33.3 Å². The van der Waals surface area contributed by atoms with E-state index in [0.29, 0.717) is 24.8 Å². The molecule has 3 aliphatic heterocycles. The molecule has 0 radical (unpaired) electrons. The van der Waals surface area contributed by atoms with Crippen LogP contribution in [0.15, 0.2) is 59.6 Å². The van der Waals surface area contributed by atoms with Gasteiger partial charge in [0.05, 0.1) is 6.54 Å². The number of fused-ring (bicyclic) bond motifs is 4. The van der Waals surface area contributed by atoms with E-state index in [2.05, 4.69) is 90.4 Å². The van der Waals surface area contributed by atoms with Crippen LogP contribution < -0.4 is 102 Å². The summed E-state index contributed by atoms with van der Waals surface area (Å²) in [7, 11) is 1.60. The molecule has 23 N–H and O–H groups in total. The van der Waals surface area contributed by atoms with E-state index in [9.17, 15) is 67.7 Å². The summed E-state index contributed by atoms with van der Waals surface area (Å²) in [5.74, 6) is -24.7. The van der Waals surface area contributed by atoms with E-state index in [1.165, 1.54) is 63.3 Å². The van der Waals surface area contributed by atoms with Gasteiger partial charge in [-0.05, 0) is 112 Å². The third kappa shape index (κ3) is 32.5. The normalized spacial score (nSPS) is 23.9. The summed E-state index contributed by atoms with van der Waals surface area (Å²) < 4.78 is 0. The van der Waals surface area contributed by atoms with Gasteiger partial charge >= 0.3 is 5.97 Å². The molecule has 17 amide bonds. The Bertz CT molecular complexity index is 4130. The second-order valence-electron chi connectivity index (χ2n) is 33.1. The number of carboxylic acids is 1. The van der Waals surface area contributed by atoms with Gasteiger partial charge in [0, 0.05) is 35.9 Å². The summed E-state index contributed by atoms with van der Waals surface area (Å²) in [5, 5.41) is 66.0. The molecule has 3 saturated heterocycles. The zero-order valence-electron chi connectivity index (χ0n) is 75.0. The highest BCUT2D eigenvalue weighted by atomic mass is 33.1. The Morgan fingerprint density at radius 2 is 0.960 bits per heavy atom. The molecule has 18 atom stereocenters. The number of aromatic hydroxyl groups is 1. The number of carbonyl (C=O) groups excluding carboxylic acids is 17. The van der Waals surface area contributed by atoms with Gasteiger partial charge in [-0.2, -0.15) is 11.8 Å². The van der Waals surface area contributed by atoms with Gasteiger partial charge in [0.15, 0.2) is 0 Å². The first kappa shape index (κ1) is 108. The maximum absolute atomic E-state index is 16.2. The summed E-state index contributed by atoms with van der Waals surface area (Å²) in [5.41, 5.74) is 8.16. The topological polar surface area (TPSA) is 604 Å². The monoisotopic (exact) mass is 1820 g/mol. The van der Waals surface area contributed by atoms with Gasteiger partial charge in [-0.25, -0.2) is 4.79 Å². The molecule has 3 fully saturated rings. The van der Waals surface area contributed by atoms with Crippen molar-refractivity contribution < 1.29 is 96.5 Å². The molecule has 42 heteroatoms. The van der Waals surface area contributed by atoms with Crippen molar-refractivity contribution in [1.29, 1.82) is 0 Å². The van der Waals surface area contributed by atoms with Crippen LogP contribution in [0.5, 0.6) is 5.75 Å². The number of carbonyl (C=O) groups is 18. The fourth-order valence-electron chi connectivity index (χ4n) is 13.5. The Morgan fingerprint density at radius 1 is 0.492 bits per heavy atom. The van der Waals surface area contributed by atoms with Crippen LogP contribution in [0, 0.1) is 41.4 Å². The van der Waals surface area contributed by atoms with E-state index in [1.54, 1.807) is 96.9 Å². The van der Waals surface area contributed by atoms with Crippen molar-refractivity contribution in [2.45, 2.75) is 266 Å². The number of carboxylic acid groups (broad SMARTS) is 1. The minimum absolute atomic E-state index is 0.0746. The van der Waals surface area contributed by atoms with Crippen molar-refractivity contribution >= 4 is 140 Å². The maximum atomic E-state index is 16.2. The molecule has 126 heavy (non-hydrogen) atoms. The minimum Gasteiger partial charge on any atom is -0.508 e. The lowest BCUT2D eigenvalue weighted by Crippen LogP contribution is -2.69. The highest BCUT2D eigenvalue weighted by Gasteiger charge is 2.50. The standard InChI is InChI=1S/C84H133N19O20S3/c1-18-44(14)63(97-60(105)36-86)78(117)88-50(22-5)67(106)87-51(23-6)68(107)100-66(47(17)21-4)81(120)101-65(46(16)20-3)79(118)89-52(24-7)69(108)99-64(45(15)19-2)80(119)95-58-38-125-126-39-59(82(121)122)96-73(112)57-37-124-40-84(35-56(93-74(58)113)72(111)98-61(42(10)11)76(115)91-54(33-41(8)9)75(114)103-84)83(123)102-62(43(12)13)77(116)92-55(34-48-28-30-49(104)31-29-48)71(110)90-53(70(109)94-57)27-25-26-32-85/h22-24,28-31,41-47,53-59,61-66,104H,18-21,25-27,32-40,85-86H2,1-17H3,(H,87,106)(H,88,117)(H,89,118)(H,90,110)(H,91,115)(H,92,116)(H,93,113)(H,94,109)(H,95,119)(H,96,112)(H,97,105)(H,98,111)(H,99,108)(H,100,107)(H,101,120)(H,102,123)(H,103,114)(H,121,122)/b50-22-,51-23-,52-24-/t44-,45-,46-,47-,53-,54-,55-,56?,57-,58-,59-,61-,62-,63-,64-,65-,66-,84?/m0/s1. The number of benzene rings is 1. The van der Waals surface area contributed by atoms with E-state index in [-0.39, 0.29) is 74.0 Å². The van der Waals surface area contributed by atoms with Crippen LogP contribution in [0.25, 0.3) is 0 Å². The van der Waals surface area contributed by atoms with Crippen molar-refractivity contribution in [1.82, 2.24) is 90.4 Å². The van der Waals surface area contributed by atoms with E-state index >= 15 is 28.8 Å². The van der Waals surface area contributed by atoms with Gasteiger partial charge < -0.3 is 112 Å². The average molecular weight is 1830 g/mol. The van der Waals surface area contributed by atoms with Crippen molar-refractivity contribution in [3.05, 3.63) is 65.1 Å². The molecule has 2 unspecified atom stereocenters. The minimum atomic E-state index is -2.58. The first-order chi connectivity index (χ1) is 59.4. The highest BCUT2D eigenvalue weighted by molar-refractivity contribution is 8.76. The maximum Gasteiger partial charge on any atom is 0.327 e. The molecular formula is C84H133N19O20S3. The molecule has 1 spiro atoms. The summed E-state index contributed by atoms with van der Waals surface area (Å²) >= 11 is 0.725. The van der Waals surface area contributed by atoms with Gasteiger partial charge in [0.25, 0.3) is 17.7 Å². The van der Waals surface area contributed by atoms with E-state index in [4.69, 9.17) is 11.5 Å². The van der Waals surface area contributed by atoms with Gasteiger partial charge in [-0.3, -0.25) is 81.5 Å². The SMILES string of the molecule is C/C=C(\NC(=O)/C(=C/C)NC(=O)[C@@H](NC(=O)CN)[C@@H](C)CC)C(=O)N[C@H](C(=O)N[C@H](C(=O)N/C(=C\C)C(=O)N[C@H](C(=O)N[C@H]1CSSC[C@@H](C(=O)O)NC(=O)[C@@H]2CSCC3(CC(NC1=O)C(=O)N[C@@H](C(C)C)C(=O)N[C@@H](CC(C)C)C(=O)N3)C(=O)N[C@@H](C(C)C)C(=O)N[C@@H](Cc1ccc(O)cc1)C(=O)N[C@@H](CCCCN)C(=O)N2)[C@@H](C)CC)[C@@H](C)CC)[C@@H](C)CC. The Kier molecular flexibility index (Phi) is 45.2. The number of thioether (sulfide) groups is 1. The summed E-state index contributed by atoms with van der Waals surface area (Å²) in [6, 6.07) is -14.7. The summed E-state index contributed by atoms with van der Waals surface area (Å²) in [6.45, 7) is 27.4. The average Bonchev–Trinajstić information content (AvgIpc) is 1.77. The lowest BCUT2D eigenvalue weighted by molar-refractivity contribution is -0.141. The van der Waals surface area contributed by atoms with Gasteiger partial charge in [-0.15, -0.1) is 0 Å². The van der Waals surface area contributed by atoms with Crippen molar-refractivity contribution in [3.63, 3.8) is 0 Å². The molecule has 0 aliphatic carbocycles. The third-order valence-corrected chi connectivity index (χ3v) is 25.9. The van der Waals surface area contributed by atoms with Gasteiger partial charge in [0.2, 0.25) is 82.7 Å². The van der Waals surface area contributed by atoms with Crippen LogP contribution in [0.4, 0.5) is 0 Å². The van der Waals surface area contributed by atoms with Crippen LogP contribution in [-0.2, 0) is 92.7 Å². The molecule has 1 aromatic carbocycles. The molecule has 39 nitrogen and oxygen atoms in total. The number of allylic oxidation sites excluding steroid dienone is 3. The van der Waals surface area contributed by atoms with E-state index < -0.39 is 262 Å². The Labute approximate surface area is 748 Å². The van der Waals surface area contributed by atoms with Crippen LogP contribution in [0.1, 0.15) is 181 Å². The zero-order valence-corrected chi connectivity index (χ0v) is 77.5. The molecule has 3 heterocycles. The second-order valence-corrected chi connectivity index (χ2v) is 36.6. The largest absolute Gasteiger partial charge is 0.508 e. The van der Waals surface area contributed by atoms with Crippen molar-refractivity contribution in [3.8, 4) is 5.75 Å². The fraction of sp³-hybridized carbons (Fsp3) is 0.643. The molecule has 3 bridgehead atoms. The number of rotatable bonds is 35. The highest BCUT2D eigenvalue weighted by Crippen LogP contribution is 2.29. The van der Waals surface area contributed by atoms with E-state index in [1.807, 2.05) is 0 Å². The number of nitrogens with one attached hydrogen (secondary N) is 17. The Hall–Kier alpha value is -10.3. The lowest BCUT2D eigenvalue weighted by Gasteiger charge is -2.39. The number of phenols is 1. The lowest BCUT2D eigenvalue weighted by atomic mass is 9.88. The van der Waals surface area contributed by atoms with Gasteiger partial charge in [-0.1, -0.05) is 175 Å². The number of unbranched alkanes of at least 4 members (excludes halogenated alkanes) is 1. The smallest absolute Gasteiger partial charge is 0.327 e. The van der Waals surface area contributed by atoms with Crippen LogP contribution in [-0.4, -0.2) is 237 Å². The number of amides is 17. The van der Waals surface area contributed by atoms with Gasteiger partial charge in [0.1, 0.15) is 107 Å². The number of hydrogen-bond donors (Lipinski definition) is 21. The molecule has 3 aliphatic rings. The molecule has 702 valence electrons. The predicted octanol–water partition coefficient (Wildman–Crippen LogP) is -0.588. The van der Waals surface area contributed by atoms with Crippen LogP contribution in [0.3, 0.4) is 0 Å². The molecule has 0 aromatic heterocycles. The first-order valence-corrected chi connectivity index (χ1v) is 46.5. The van der Waals surface area contributed by atoms with Crippen LogP contribution >= 0.6 is 33.3 Å². The second kappa shape index (κ2) is 52.7. The number of aliphatic carboxylic acids is 1. The van der Waals surface area contributed by atoms with Crippen molar-refractivity contribution in [2.75, 3.05) is 36.1 Å². The molecule has 0 saturated carbocycles. The summed E-state index contributed by atoms with van der Waals surface area (Å²) in [6.07, 6.45) is 4.16. The summed E-state index contributed by atoms with van der Waals surface area (Å²) in [4.78, 5) is 264. The Morgan fingerprint density at radius 3 is 1.47 bits per heavy atom. The number of phenolic OH excluding ortho intramolecular Hbond substituents is 1. The Balaban J connectivity index is 1.88. The van der Waals surface area contributed by atoms with Crippen molar-refractivity contribution in [2.24, 2.45) is 52.9 Å². The molecule has 1 aromatic rings. The first-order valence-electron chi connectivity index (χ1n) is 42.8. The zero-order chi connectivity index (χ0) is 94.7. The third-order valence-electron chi connectivity index (χ3n) is 22.2. The predicted molar refractivity (Wildman–Crippen MR) is 477 cm³/mol. The number of hydrogen-bond acceptors (Lipinski definition) is 24. The number of nitrogens with two attached hydrogens (primary N) is 2. The molecule has 4 rings (SSSR count). The van der Waals surface area contributed by atoms with Crippen LogP contribution in [0.2, 0.25) is 0 Å².